The maximum absolute atomic E-state index is 12.5. The fourth-order valence-corrected chi connectivity index (χ4v) is 4.75. The highest BCUT2D eigenvalue weighted by Crippen LogP contribution is 2.39. The number of nitrogens with zero attached hydrogens (tertiary/aromatic N) is 1. The molecule has 0 bridgehead atoms. The maximum atomic E-state index is 12.5. The number of nitrogens with one attached hydrogen (secondary N) is 2. The number of carbonyl (C=O) groups excluding carboxylic acids is 1. The standard InChI is InChI=1S/C19H13Br2N3O2S/c1-22-19-24-16(8-27-19)10-2-3-15-11(7-10)12(18(26)23-15)4-9-5-13(20)17(25)14(21)6-9/h2-8,25H,1H3,(H,22,24)(H,23,26). The molecule has 1 aliphatic heterocycles. The normalized spacial score (nSPS) is 14.3. The minimum Gasteiger partial charge on any atom is -0.506 e. The average molecular weight is 507 g/mol. The topological polar surface area (TPSA) is 74.2 Å². The number of carbonyl (C=O) groups is 1. The van der Waals surface area contributed by atoms with Crippen molar-refractivity contribution in [2.45, 2.75) is 0 Å². The molecule has 3 aromatic rings. The van der Waals surface area contributed by atoms with E-state index < -0.39 is 0 Å². The van der Waals surface area contributed by atoms with Crippen molar-refractivity contribution in [2.75, 3.05) is 17.7 Å². The summed E-state index contributed by atoms with van der Waals surface area (Å²) in [7, 11) is 1.84. The summed E-state index contributed by atoms with van der Waals surface area (Å²) in [6.45, 7) is 0. The van der Waals surface area contributed by atoms with Gasteiger partial charge in [-0.2, -0.15) is 0 Å². The molecular formula is C19H13Br2N3O2S. The predicted molar refractivity (Wildman–Crippen MR) is 117 cm³/mol. The number of hydrogen-bond donors (Lipinski definition) is 3. The molecule has 3 N–H and O–H groups in total. The van der Waals surface area contributed by atoms with Gasteiger partial charge in [0.05, 0.1) is 14.6 Å². The molecule has 1 aliphatic rings. The molecule has 27 heavy (non-hydrogen) atoms. The van der Waals surface area contributed by atoms with E-state index in [1.54, 1.807) is 18.2 Å². The van der Waals surface area contributed by atoms with Gasteiger partial charge in [-0.3, -0.25) is 4.79 Å². The summed E-state index contributed by atoms with van der Waals surface area (Å²) < 4.78 is 1.11. The minimum atomic E-state index is -0.156. The van der Waals surface area contributed by atoms with E-state index >= 15 is 0 Å². The predicted octanol–water partition coefficient (Wildman–Crippen LogP) is 5.58. The molecule has 8 heteroatoms. The van der Waals surface area contributed by atoms with Crippen LogP contribution in [-0.2, 0) is 4.79 Å². The third-order valence-corrected chi connectivity index (χ3v) is 6.24. The van der Waals surface area contributed by atoms with Crippen LogP contribution in [0, 0.1) is 0 Å². The number of hydrogen-bond acceptors (Lipinski definition) is 5. The molecule has 0 atom stereocenters. The molecular weight excluding hydrogens is 494 g/mol. The Morgan fingerprint density at radius 3 is 2.63 bits per heavy atom. The van der Waals surface area contributed by atoms with Gasteiger partial charge in [-0.15, -0.1) is 11.3 Å². The molecule has 2 aromatic carbocycles. The Labute approximate surface area is 176 Å². The molecule has 0 unspecified atom stereocenters. The van der Waals surface area contributed by atoms with Crippen molar-refractivity contribution in [3.05, 3.63) is 55.8 Å². The van der Waals surface area contributed by atoms with Crippen LogP contribution < -0.4 is 10.6 Å². The SMILES string of the molecule is CNc1nc(-c2ccc3c(c2)C(=Cc2cc(Br)c(O)c(Br)c2)C(=O)N3)cs1. The third kappa shape index (κ3) is 3.40. The highest BCUT2D eigenvalue weighted by atomic mass is 79.9. The van der Waals surface area contributed by atoms with Crippen molar-refractivity contribution < 1.29 is 9.90 Å². The van der Waals surface area contributed by atoms with Crippen LogP contribution in [0.2, 0.25) is 0 Å². The molecule has 0 saturated heterocycles. The first-order valence-corrected chi connectivity index (χ1v) is 10.4. The molecule has 0 spiro atoms. The van der Waals surface area contributed by atoms with Crippen molar-refractivity contribution in [1.82, 2.24) is 4.98 Å². The number of benzene rings is 2. The molecule has 0 radical (unpaired) electrons. The zero-order valence-electron chi connectivity index (χ0n) is 14.0. The molecule has 4 rings (SSSR count). The van der Waals surface area contributed by atoms with Crippen molar-refractivity contribution in [3.8, 4) is 17.0 Å². The van der Waals surface area contributed by atoms with Crippen LogP contribution in [0.5, 0.6) is 5.75 Å². The Hall–Kier alpha value is -2.16. The molecule has 1 amide bonds. The largest absolute Gasteiger partial charge is 0.506 e. The first-order valence-electron chi connectivity index (χ1n) is 7.95. The Bertz CT molecular complexity index is 1090. The third-order valence-electron chi connectivity index (χ3n) is 4.17. The lowest BCUT2D eigenvalue weighted by atomic mass is 10.0. The lowest BCUT2D eigenvalue weighted by Crippen LogP contribution is -2.03. The smallest absolute Gasteiger partial charge is 0.256 e. The van der Waals surface area contributed by atoms with Crippen LogP contribution in [0.3, 0.4) is 0 Å². The zero-order chi connectivity index (χ0) is 19.1. The van der Waals surface area contributed by atoms with Crippen molar-refractivity contribution in [1.29, 1.82) is 0 Å². The summed E-state index contributed by atoms with van der Waals surface area (Å²) in [4.78, 5) is 17.0. The summed E-state index contributed by atoms with van der Waals surface area (Å²) in [6.07, 6.45) is 1.81. The molecule has 2 heterocycles. The highest BCUT2D eigenvalue weighted by Gasteiger charge is 2.25. The van der Waals surface area contributed by atoms with Crippen LogP contribution in [-0.4, -0.2) is 23.0 Å². The molecule has 0 aliphatic carbocycles. The van der Waals surface area contributed by atoms with Gasteiger partial charge in [0.15, 0.2) is 5.13 Å². The van der Waals surface area contributed by atoms with Gasteiger partial charge < -0.3 is 15.7 Å². The van der Waals surface area contributed by atoms with E-state index in [2.05, 4.69) is 47.5 Å². The number of rotatable bonds is 3. The quantitative estimate of drug-likeness (QED) is 0.405. The van der Waals surface area contributed by atoms with E-state index in [0.717, 1.165) is 33.2 Å². The fraction of sp³-hybridized carbons (Fsp3) is 0.0526. The second-order valence-corrected chi connectivity index (χ2v) is 8.46. The van der Waals surface area contributed by atoms with E-state index in [9.17, 15) is 9.90 Å². The summed E-state index contributed by atoms with van der Waals surface area (Å²) in [5.74, 6) is -0.0313. The fourth-order valence-electron chi connectivity index (χ4n) is 2.85. The van der Waals surface area contributed by atoms with Gasteiger partial charge in [0.25, 0.3) is 5.91 Å². The molecule has 5 nitrogen and oxygen atoms in total. The first kappa shape index (κ1) is 18.2. The van der Waals surface area contributed by atoms with Crippen LogP contribution in [0.25, 0.3) is 22.9 Å². The Morgan fingerprint density at radius 2 is 1.96 bits per heavy atom. The Morgan fingerprint density at radius 1 is 1.22 bits per heavy atom. The van der Waals surface area contributed by atoms with Gasteiger partial charge in [-0.25, -0.2) is 4.98 Å². The number of halogens is 2. The van der Waals surface area contributed by atoms with E-state index in [0.29, 0.717) is 14.5 Å². The Kier molecular flexibility index (Phi) is 4.79. The van der Waals surface area contributed by atoms with Gasteiger partial charge in [0.1, 0.15) is 5.75 Å². The number of fused-ring (bicyclic) bond motifs is 1. The number of phenolic OH excluding ortho intramolecular Hbond substituents is 1. The second-order valence-electron chi connectivity index (χ2n) is 5.89. The maximum Gasteiger partial charge on any atom is 0.256 e. The summed E-state index contributed by atoms with van der Waals surface area (Å²) >= 11 is 8.18. The van der Waals surface area contributed by atoms with Crippen molar-refractivity contribution in [2.24, 2.45) is 0 Å². The summed E-state index contributed by atoms with van der Waals surface area (Å²) in [5, 5.41) is 18.6. The van der Waals surface area contributed by atoms with Gasteiger partial charge >= 0.3 is 0 Å². The van der Waals surface area contributed by atoms with Crippen LogP contribution in [0.15, 0.2) is 44.7 Å². The second kappa shape index (κ2) is 7.10. The summed E-state index contributed by atoms with van der Waals surface area (Å²) in [5.41, 5.74) is 4.78. The molecule has 1 aromatic heterocycles. The molecule has 136 valence electrons. The van der Waals surface area contributed by atoms with Crippen LogP contribution in [0.4, 0.5) is 10.8 Å². The monoisotopic (exact) mass is 505 g/mol. The Balaban J connectivity index is 1.79. The molecule has 0 saturated carbocycles. The van der Waals surface area contributed by atoms with E-state index in [1.165, 1.54) is 11.3 Å². The lowest BCUT2D eigenvalue weighted by Gasteiger charge is -2.05. The number of aromatic hydroxyl groups is 1. The number of phenols is 1. The van der Waals surface area contributed by atoms with E-state index in [-0.39, 0.29) is 11.7 Å². The van der Waals surface area contributed by atoms with Gasteiger partial charge in [-0.05, 0) is 67.8 Å². The van der Waals surface area contributed by atoms with Gasteiger partial charge in [-0.1, -0.05) is 6.07 Å². The summed E-state index contributed by atoms with van der Waals surface area (Å²) in [6, 6.07) is 9.34. The van der Waals surface area contributed by atoms with Crippen LogP contribution in [0.1, 0.15) is 11.1 Å². The van der Waals surface area contributed by atoms with Gasteiger partial charge in [0.2, 0.25) is 0 Å². The number of aromatic nitrogens is 1. The zero-order valence-corrected chi connectivity index (χ0v) is 18.0. The van der Waals surface area contributed by atoms with Gasteiger partial charge in [0, 0.05) is 34.8 Å². The number of amides is 1. The highest BCUT2D eigenvalue weighted by molar-refractivity contribution is 9.11. The lowest BCUT2D eigenvalue weighted by molar-refractivity contribution is -0.110. The van der Waals surface area contributed by atoms with Crippen molar-refractivity contribution >= 4 is 71.6 Å². The van der Waals surface area contributed by atoms with Crippen LogP contribution >= 0.6 is 43.2 Å². The number of thiazole rings is 1. The molecule has 0 fully saturated rings. The average Bonchev–Trinajstić information content (AvgIpc) is 3.24. The number of anilines is 2. The first-order chi connectivity index (χ1) is 13.0. The van der Waals surface area contributed by atoms with E-state index in [4.69, 9.17) is 0 Å². The van der Waals surface area contributed by atoms with E-state index in [1.807, 2.05) is 30.6 Å². The van der Waals surface area contributed by atoms with Crippen molar-refractivity contribution in [3.63, 3.8) is 0 Å². The minimum absolute atomic E-state index is 0.125.